The Hall–Kier alpha value is -3.05. The van der Waals surface area contributed by atoms with Gasteiger partial charge in [-0.1, -0.05) is 29.8 Å². The molecule has 0 fully saturated rings. The van der Waals surface area contributed by atoms with Crippen molar-refractivity contribution in [2.45, 2.75) is 6.92 Å². The Morgan fingerprint density at radius 3 is 2.36 bits per heavy atom. The number of benzene rings is 2. The quantitative estimate of drug-likeness (QED) is 0.668. The summed E-state index contributed by atoms with van der Waals surface area (Å²) >= 11 is 5.83. The summed E-state index contributed by atoms with van der Waals surface area (Å²) in [5.74, 6) is 1.19. The number of nitrogen functional groups attached to an aromatic ring is 1. The highest BCUT2D eigenvalue weighted by molar-refractivity contribution is 6.29. The fourth-order valence-corrected chi connectivity index (χ4v) is 2.63. The second-order valence-electron chi connectivity index (χ2n) is 5.42. The Morgan fingerprint density at radius 2 is 1.72 bits per heavy atom. The molecular formula is C19H16ClN3O2. The van der Waals surface area contributed by atoms with E-state index in [1.54, 1.807) is 37.3 Å². The molecule has 25 heavy (non-hydrogen) atoms. The van der Waals surface area contributed by atoms with Crippen LogP contribution in [0.5, 0.6) is 11.5 Å². The third-order valence-electron chi connectivity index (χ3n) is 3.53. The molecule has 3 aromatic rings. The highest BCUT2D eigenvalue weighted by Gasteiger charge is 2.15. The first-order valence-electron chi connectivity index (χ1n) is 7.60. The molecule has 2 aromatic carbocycles. The van der Waals surface area contributed by atoms with Gasteiger partial charge in [0.1, 0.15) is 22.5 Å². The van der Waals surface area contributed by atoms with E-state index >= 15 is 0 Å². The van der Waals surface area contributed by atoms with Crippen LogP contribution in [0.4, 0.5) is 11.5 Å². The molecular weight excluding hydrogens is 338 g/mol. The number of aromatic nitrogens is 1. The Kier molecular flexibility index (Phi) is 4.86. The molecule has 1 heterocycles. The van der Waals surface area contributed by atoms with Crippen molar-refractivity contribution < 1.29 is 9.53 Å². The van der Waals surface area contributed by atoms with Gasteiger partial charge in [0.2, 0.25) is 0 Å². The summed E-state index contributed by atoms with van der Waals surface area (Å²) < 4.78 is 5.72. The second kappa shape index (κ2) is 7.23. The molecule has 0 aliphatic rings. The molecule has 3 rings (SSSR count). The molecule has 0 aliphatic carbocycles. The van der Waals surface area contributed by atoms with Gasteiger partial charge in [-0.25, -0.2) is 4.98 Å². The third-order valence-corrected chi connectivity index (χ3v) is 3.73. The van der Waals surface area contributed by atoms with Gasteiger partial charge in [-0.3, -0.25) is 4.79 Å². The summed E-state index contributed by atoms with van der Waals surface area (Å²) in [6.45, 7) is 1.76. The van der Waals surface area contributed by atoms with Crippen molar-refractivity contribution in [3.63, 3.8) is 0 Å². The Labute approximate surface area is 150 Å². The number of halogens is 1. The van der Waals surface area contributed by atoms with E-state index in [0.717, 1.165) is 5.75 Å². The van der Waals surface area contributed by atoms with Gasteiger partial charge >= 0.3 is 0 Å². The Bertz CT molecular complexity index is 873. The van der Waals surface area contributed by atoms with Crippen LogP contribution in [0.1, 0.15) is 15.9 Å². The Balaban J connectivity index is 1.72. The van der Waals surface area contributed by atoms with Crippen molar-refractivity contribution >= 4 is 29.0 Å². The van der Waals surface area contributed by atoms with Gasteiger partial charge in [0.25, 0.3) is 5.91 Å². The average molecular weight is 354 g/mol. The van der Waals surface area contributed by atoms with Crippen LogP contribution >= 0.6 is 11.6 Å². The zero-order chi connectivity index (χ0) is 17.8. The van der Waals surface area contributed by atoms with Crippen LogP contribution in [0.25, 0.3) is 0 Å². The van der Waals surface area contributed by atoms with Crippen LogP contribution in [-0.2, 0) is 0 Å². The maximum atomic E-state index is 12.4. The monoisotopic (exact) mass is 353 g/mol. The molecule has 0 aliphatic heterocycles. The molecule has 0 radical (unpaired) electrons. The molecule has 0 unspecified atom stereocenters. The van der Waals surface area contributed by atoms with Crippen LogP contribution in [0.3, 0.4) is 0 Å². The summed E-state index contributed by atoms with van der Waals surface area (Å²) in [5, 5.41) is 3.05. The maximum Gasteiger partial charge on any atom is 0.259 e. The number of nitrogens with zero attached hydrogens (tertiary/aromatic N) is 1. The van der Waals surface area contributed by atoms with Gasteiger partial charge in [-0.15, -0.1) is 0 Å². The van der Waals surface area contributed by atoms with Crippen molar-refractivity contribution in [1.82, 2.24) is 4.98 Å². The number of aryl methyl sites for hydroxylation is 1. The van der Waals surface area contributed by atoms with Crippen LogP contribution in [-0.4, -0.2) is 10.9 Å². The van der Waals surface area contributed by atoms with E-state index in [1.165, 1.54) is 0 Å². The Morgan fingerprint density at radius 1 is 1.08 bits per heavy atom. The number of hydrogen-bond donors (Lipinski definition) is 2. The number of pyridine rings is 1. The number of nitrogens with one attached hydrogen (secondary N) is 1. The van der Waals surface area contributed by atoms with E-state index in [-0.39, 0.29) is 16.9 Å². The number of nitrogens with two attached hydrogens (primary N) is 1. The van der Waals surface area contributed by atoms with Gasteiger partial charge in [0.05, 0.1) is 5.56 Å². The lowest BCUT2D eigenvalue weighted by molar-refractivity contribution is 0.102. The number of rotatable bonds is 4. The van der Waals surface area contributed by atoms with Gasteiger partial charge in [0.15, 0.2) is 0 Å². The summed E-state index contributed by atoms with van der Waals surface area (Å²) in [6, 6.07) is 18.1. The minimum atomic E-state index is -0.337. The molecule has 0 bridgehead atoms. The normalized spacial score (nSPS) is 10.3. The summed E-state index contributed by atoms with van der Waals surface area (Å²) in [6.07, 6.45) is 0. The molecule has 0 saturated carbocycles. The largest absolute Gasteiger partial charge is 0.457 e. The molecule has 0 atom stereocenters. The van der Waals surface area contributed by atoms with Crippen molar-refractivity contribution in [1.29, 1.82) is 0 Å². The SMILES string of the molecule is Cc1cc(Cl)nc(N)c1C(=O)Nc1ccc(Oc2ccccc2)cc1. The lowest BCUT2D eigenvalue weighted by Crippen LogP contribution is -2.16. The van der Waals surface area contributed by atoms with E-state index < -0.39 is 0 Å². The minimum Gasteiger partial charge on any atom is -0.457 e. The van der Waals surface area contributed by atoms with Gasteiger partial charge in [-0.2, -0.15) is 0 Å². The number of carbonyl (C=O) groups is 1. The lowest BCUT2D eigenvalue weighted by Gasteiger charge is -2.11. The fourth-order valence-electron chi connectivity index (χ4n) is 2.38. The number of anilines is 2. The average Bonchev–Trinajstić information content (AvgIpc) is 2.56. The summed E-state index contributed by atoms with van der Waals surface area (Å²) in [7, 11) is 0. The van der Waals surface area contributed by atoms with E-state index in [9.17, 15) is 4.79 Å². The zero-order valence-electron chi connectivity index (χ0n) is 13.5. The maximum absolute atomic E-state index is 12.4. The molecule has 1 aromatic heterocycles. The molecule has 5 nitrogen and oxygen atoms in total. The van der Waals surface area contributed by atoms with Crippen LogP contribution in [0.15, 0.2) is 60.7 Å². The number of ether oxygens (including phenoxy) is 1. The van der Waals surface area contributed by atoms with Crippen LogP contribution in [0, 0.1) is 6.92 Å². The first kappa shape index (κ1) is 16.8. The van der Waals surface area contributed by atoms with Crippen molar-refractivity contribution in [2.75, 3.05) is 11.1 Å². The molecule has 3 N–H and O–H groups in total. The molecule has 6 heteroatoms. The second-order valence-corrected chi connectivity index (χ2v) is 5.80. The van der Waals surface area contributed by atoms with Gasteiger partial charge in [-0.05, 0) is 55.0 Å². The van der Waals surface area contributed by atoms with Crippen LogP contribution in [0.2, 0.25) is 5.15 Å². The first-order chi connectivity index (χ1) is 12.0. The van der Waals surface area contributed by atoms with Crippen LogP contribution < -0.4 is 15.8 Å². The number of carbonyl (C=O) groups excluding carboxylic acids is 1. The standard InChI is InChI=1S/C19H16ClN3O2/c1-12-11-16(20)23-18(21)17(12)19(24)22-13-7-9-15(10-8-13)25-14-5-3-2-4-6-14/h2-11H,1H3,(H2,21,23)(H,22,24). The van der Waals surface area contributed by atoms with E-state index in [0.29, 0.717) is 22.6 Å². The van der Waals surface area contributed by atoms with E-state index in [2.05, 4.69) is 10.3 Å². The zero-order valence-corrected chi connectivity index (χ0v) is 14.2. The number of hydrogen-bond acceptors (Lipinski definition) is 4. The molecule has 0 saturated heterocycles. The van der Waals surface area contributed by atoms with E-state index in [1.807, 2.05) is 30.3 Å². The summed E-state index contributed by atoms with van der Waals surface area (Å²) in [5.41, 5.74) is 7.41. The predicted molar refractivity (Wildman–Crippen MR) is 99.3 cm³/mol. The molecule has 126 valence electrons. The van der Waals surface area contributed by atoms with Crippen molar-refractivity contribution in [2.24, 2.45) is 0 Å². The van der Waals surface area contributed by atoms with Crippen molar-refractivity contribution in [3.05, 3.63) is 76.9 Å². The van der Waals surface area contributed by atoms with E-state index in [4.69, 9.17) is 22.1 Å². The highest BCUT2D eigenvalue weighted by Crippen LogP contribution is 2.24. The summed E-state index contributed by atoms with van der Waals surface area (Å²) in [4.78, 5) is 16.4. The molecule has 1 amide bonds. The van der Waals surface area contributed by atoms with Gasteiger partial charge in [0, 0.05) is 5.69 Å². The van der Waals surface area contributed by atoms with Gasteiger partial charge < -0.3 is 15.8 Å². The fraction of sp³-hybridized carbons (Fsp3) is 0.0526. The smallest absolute Gasteiger partial charge is 0.259 e. The molecule has 0 spiro atoms. The third kappa shape index (κ3) is 4.08. The predicted octanol–water partition coefficient (Wildman–Crippen LogP) is 4.67. The topological polar surface area (TPSA) is 77.2 Å². The highest BCUT2D eigenvalue weighted by atomic mass is 35.5. The lowest BCUT2D eigenvalue weighted by atomic mass is 10.1. The number of amides is 1. The minimum absolute atomic E-state index is 0.103. The van der Waals surface area contributed by atoms with Crippen molar-refractivity contribution in [3.8, 4) is 11.5 Å². The number of para-hydroxylation sites is 1. The first-order valence-corrected chi connectivity index (χ1v) is 7.97.